The molecule has 1 rings (SSSR count). The van der Waals surface area contributed by atoms with E-state index in [1.807, 2.05) is 0 Å². The Balaban J connectivity index is 2.71. The first kappa shape index (κ1) is 16.5. The summed E-state index contributed by atoms with van der Waals surface area (Å²) < 4.78 is 42.2. The van der Waals surface area contributed by atoms with Crippen LogP contribution in [0.25, 0.3) is 0 Å². The molecule has 0 aliphatic carbocycles. The minimum Gasteiger partial charge on any atom is -0.370 e. The summed E-state index contributed by atoms with van der Waals surface area (Å²) in [6, 6.07) is 4.67. The van der Waals surface area contributed by atoms with Gasteiger partial charge in [0.1, 0.15) is 6.10 Å². The second kappa shape index (κ2) is 6.71. The number of alkyl halides is 3. The molecule has 0 fully saturated rings. The third-order valence-corrected chi connectivity index (χ3v) is 2.85. The average Bonchev–Trinajstić information content (AvgIpc) is 2.39. The third kappa shape index (κ3) is 4.21. The molecule has 2 N–H and O–H groups in total. The van der Waals surface area contributed by atoms with Gasteiger partial charge in [-0.2, -0.15) is 13.2 Å². The Kier molecular flexibility index (Phi) is 5.52. The van der Waals surface area contributed by atoms with Gasteiger partial charge in [0.2, 0.25) is 0 Å². The number of nitrogens with zero attached hydrogens (tertiary/aromatic N) is 1. The molecule has 0 aromatic heterocycles. The Labute approximate surface area is 115 Å². The van der Waals surface area contributed by atoms with Crippen molar-refractivity contribution in [2.24, 2.45) is 5.73 Å². The van der Waals surface area contributed by atoms with Gasteiger partial charge in [-0.3, -0.25) is 4.79 Å². The van der Waals surface area contributed by atoms with Crippen LogP contribution in [0, 0.1) is 0 Å². The number of ether oxygens (including phenoxy) is 1. The van der Waals surface area contributed by atoms with Crippen LogP contribution in [0.15, 0.2) is 24.3 Å². The van der Waals surface area contributed by atoms with E-state index in [4.69, 9.17) is 10.5 Å². The highest BCUT2D eigenvalue weighted by Gasteiger charge is 2.30. The zero-order valence-corrected chi connectivity index (χ0v) is 11.3. The molecule has 7 heteroatoms. The van der Waals surface area contributed by atoms with Gasteiger partial charge in [-0.05, 0) is 17.7 Å². The number of halogens is 3. The highest BCUT2D eigenvalue weighted by atomic mass is 19.4. The molecule has 1 unspecified atom stereocenters. The van der Waals surface area contributed by atoms with Crippen LogP contribution in [-0.4, -0.2) is 37.6 Å². The number of hydrogen-bond donors (Lipinski definition) is 1. The van der Waals surface area contributed by atoms with E-state index in [1.165, 1.54) is 24.1 Å². The summed E-state index contributed by atoms with van der Waals surface area (Å²) in [7, 11) is 2.92. The van der Waals surface area contributed by atoms with E-state index in [1.54, 1.807) is 7.05 Å². The highest BCUT2D eigenvalue weighted by molar-refractivity contribution is 5.80. The largest absolute Gasteiger partial charge is 0.416 e. The van der Waals surface area contributed by atoms with E-state index in [2.05, 4.69) is 0 Å². The number of nitrogens with two attached hydrogens (primary N) is 1. The Morgan fingerprint density at radius 2 is 1.90 bits per heavy atom. The summed E-state index contributed by atoms with van der Waals surface area (Å²) in [6.45, 7) is 0.240. The van der Waals surface area contributed by atoms with Gasteiger partial charge in [-0.1, -0.05) is 12.1 Å². The monoisotopic (exact) mass is 290 g/mol. The fraction of sp³-hybridized carbons (Fsp3) is 0.462. The normalized spacial score (nSPS) is 13.1. The van der Waals surface area contributed by atoms with Crippen molar-refractivity contribution in [3.8, 4) is 0 Å². The highest BCUT2D eigenvalue weighted by Crippen LogP contribution is 2.29. The van der Waals surface area contributed by atoms with Gasteiger partial charge in [0, 0.05) is 27.2 Å². The van der Waals surface area contributed by atoms with Crippen molar-refractivity contribution in [2.45, 2.75) is 18.8 Å². The third-order valence-electron chi connectivity index (χ3n) is 2.85. The molecule has 1 amide bonds. The maximum atomic E-state index is 12.4. The van der Waals surface area contributed by atoms with E-state index < -0.39 is 17.8 Å². The number of hydrogen-bond acceptors (Lipinski definition) is 3. The van der Waals surface area contributed by atoms with E-state index in [9.17, 15) is 18.0 Å². The molecule has 20 heavy (non-hydrogen) atoms. The van der Waals surface area contributed by atoms with Gasteiger partial charge in [0.05, 0.1) is 5.56 Å². The van der Waals surface area contributed by atoms with Crippen molar-refractivity contribution < 1.29 is 22.7 Å². The van der Waals surface area contributed by atoms with Gasteiger partial charge in [0.15, 0.2) is 0 Å². The van der Waals surface area contributed by atoms with Gasteiger partial charge in [-0.15, -0.1) is 0 Å². The number of benzene rings is 1. The molecule has 0 aliphatic heterocycles. The second-order valence-corrected chi connectivity index (χ2v) is 4.35. The average molecular weight is 290 g/mol. The van der Waals surface area contributed by atoms with Crippen molar-refractivity contribution in [3.05, 3.63) is 35.4 Å². The Hall–Kier alpha value is -1.60. The predicted octanol–water partition coefficient (Wildman–Crippen LogP) is 1.64. The molecule has 0 radical (unpaired) electrons. The summed E-state index contributed by atoms with van der Waals surface area (Å²) in [5.74, 6) is -0.310. The molecular formula is C13H17F3N2O2. The van der Waals surface area contributed by atoms with Crippen molar-refractivity contribution in [3.63, 3.8) is 0 Å². The zero-order valence-electron chi connectivity index (χ0n) is 11.3. The quantitative estimate of drug-likeness (QED) is 0.897. The topological polar surface area (TPSA) is 55.6 Å². The molecule has 0 heterocycles. The molecule has 0 aliphatic rings. The molecule has 1 atom stereocenters. The predicted molar refractivity (Wildman–Crippen MR) is 67.8 cm³/mol. The number of carbonyl (C=O) groups excluding carboxylic acids is 1. The van der Waals surface area contributed by atoms with Crippen LogP contribution in [0.1, 0.15) is 11.1 Å². The van der Waals surface area contributed by atoms with Gasteiger partial charge >= 0.3 is 6.18 Å². The Bertz CT molecular complexity index is 442. The van der Waals surface area contributed by atoms with Gasteiger partial charge in [-0.25, -0.2) is 0 Å². The maximum Gasteiger partial charge on any atom is 0.416 e. The standard InChI is InChI=1S/C13H17F3N2O2/c1-18(12(19)11(7-17)20-2)8-9-3-5-10(6-4-9)13(14,15)16/h3-6,11H,7-8,17H2,1-2H3. The number of methoxy groups -OCH3 is 1. The lowest BCUT2D eigenvalue weighted by atomic mass is 10.1. The fourth-order valence-electron chi connectivity index (χ4n) is 1.69. The zero-order chi connectivity index (χ0) is 15.3. The number of amides is 1. The molecule has 1 aromatic carbocycles. The summed E-state index contributed by atoms with van der Waals surface area (Å²) >= 11 is 0. The maximum absolute atomic E-state index is 12.4. The molecule has 0 saturated carbocycles. The number of rotatable bonds is 5. The van der Waals surface area contributed by atoms with Crippen LogP contribution in [0.4, 0.5) is 13.2 Å². The van der Waals surface area contributed by atoms with Crippen LogP contribution in [0.3, 0.4) is 0 Å². The van der Waals surface area contributed by atoms with E-state index in [0.29, 0.717) is 5.56 Å². The van der Waals surface area contributed by atoms with Crippen molar-refractivity contribution in [1.82, 2.24) is 4.90 Å². The van der Waals surface area contributed by atoms with Crippen molar-refractivity contribution in [1.29, 1.82) is 0 Å². The molecule has 0 bridgehead atoms. The molecular weight excluding hydrogens is 273 g/mol. The number of carbonyl (C=O) groups is 1. The van der Waals surface area contributed by atoms with Crippen molar-refractivity contribution >= 4 is 5.91 Å². The van der Waals surface area contributed by atoms with Crippen molar-refractivity contribution in [2.75, 3.05) is 20.7 Å². The first-order valence-electron chi connectivity index (χ1n) is 5.93. The lowest BCUT2D eigenvalue weighted by Gasteiger charge is -2.22. The summed E-state index contributed by atoms with van der Waals surface area (Å²) in [6.07, 6.45) is -5.10. The summed E-state index contributed by atoms with van der Waals surface area (Å²) in [5.41, 5.74) is 5.27. The molecule has 0 saturated heterocycles. The molecule has 112 valence electrons. The Morgan fingerprint density at radius 1 is 1.35 bits per heavy atom. The number of likely N-dealkylation sites (N-methyl/N-ethyl adjacent to an activating group) is 1. The van der Waals surface area contributed by atoms with Crippen LogP contribution in [0.2, 0.25) is 0 Å². The first-order valence-corrected chi connectivity index (χ1v) is 5.93. The minimum absolute atomic E-state index is 0.0483. The van der Waals surface area contributed by atoms with Crippen LogP contribution in [-0.2, 0) is 22.3 Å². The lowest BCUT2D eigenvalue weighted by molar-refractivity contribution is -0.140. The van der Waals surface area contributed by atoms with Gasteiger partial charge in [0.25, 0.3) is 5.91 Å². The van der Waals surface area contributed by atoms with Crippen LogP contribution in [0.5, 0.6) is 0 Å². The molecule has 4 nitrogen and oxygen atoms in total. The smallest absolute Gasteiger partial charge is 0.370 e. The molecule has 1 aromatic rings. The molecule has 0 spiro atoms. The Morgan fingerprint density at radius 3 is 2.30 bits per heavy atom. The van der Waals surface area contributed by atoms with Crippen LogP contribution >= 0.6 is 0 Å². The second-order valence-electron chi connectivity index (χ2n) is 4.35. The fourth-order valence-corrected chi connectivity index (χ4v) is 1.69. The summed E-state index contributed by atoms with van der Waals surface area (Å²) in [5, 5.41) is 0. The van der Waals surface area contributed by atoms with Crippen LogP contribution < -0.4 is 5.73 Å². The SMILES string of the molecule is COC(CN)C(=O)N(C)Cc1ccc(C(F)(F)F)cc1. The van der Waals surface area contributed by atoms with E-state index in [0.717, 1.165) is 12.1 Å². The van der Waals surface area contributed by atoms with Gasteiger partial charge < -0.3 is 15.4 Å². The van der Waals surface area contributed by atoms with E-state index in [-0.39, 0.29) is 19.0 Å². The summed E-state index contributed by atoms with van der Waals surface area (Å²) in [4.78, 5) is 13.2. The lowest BCUT2D eigenvalue weighted by Crippen LogP contribution is -2.41. The van der Waals surface area contributed by atoms with E-state index >= 15 is 0 Å². The minimum atomic E-state index is -4.36. The first-order chi connectivity index (χ1) is 9.29.